The molecule has 0 spiro atoms. The topological polar surface area (TPSA) is 90.9 Å². The van der Waals surface area contributed by atoms with Crippen LogP contribution in [0.4, 0.5) is 8.78 Å². The largest absolute Gasteiger partial charge is 0.476 e. The number of nitriles is 1. The molecule has 0 saturated heterocycles. The van der Waals surface area contributed by atoms with Crippen molar-refractivity contribution >= 4 is 17.6 Å². The molecule has 1 aromatic heterocycles. The van der Waals surface area contributed by atoms with Gasteiger partial charge in [0, 0.05) is 24.1 Å². The Bertz CT molecular complexity index is 797. The van der Waals surface area contributed by atoms with Crippen molar-refractivity contribution in [2.45, 2.75) is 19.4 Å². The number of carboxylic acid groups (broad SMARTS) is 1. The second-order valence-corrected chi connectivity index (χ2v) is 5.55. The van der Waals surface area contributed by atoms with Gasteiger partial charge in [0.1, 0.15) is 16.8 Å². The molecule has 1 heterocycles. The number of hydrogen-bond donors (Lipinski definition) is 2. The fraction of sp³-hybridized carbons (Fsp3) is 0.312. The van der Waals surface area contributed by atoms with Crippen molar-refractivity contribution in [2.75, 3.05) is 13.1 Å². The van der Waals surface area contributed by atoms with E-state index in [9.17, 15) is 18.7 Å². The van der Waals surface area contributed by atoms with E-state index in [-0.39, 0.29) is 34.9 Å². The first kappa shape index (κ1) is 18.8. The predicted molar refractivity (Wildman–Crippen MR) is 86.5 cm³/mol. The van der Waals surface area contributed by atoms with Crippen LogP contribution in [0, 0.1) is 23.0 Å². The Balaban J connectivity index is 2.24. The molecule has 2 rings (SSSR count). The fourth-order valence-electron chi connectivity index (χ4n) is 2.29. The number of rotatable bonds is 8. The second-order valence-electron chi connectivity index (χ2n) is 5.19. The first-order valence-corrected chi connectivity index (χ1v) is 7.82. The molecular weight excluding hydrogens is 354 g/mol. The van der Waals surface area contributed by atoms with Gasteiger partial charge in [-0.2, -0.15) is 10.4 Å². The molecular formula is C16H15ClF2N4O2. The van der Waals surface area contributed by atoms with Gasteiger partial charge >= 0.3 is 5.97 Å². The summed E-state index contributed by atoms with van der Waals surface area (Å²) < 4.78 is 28.6. The van der Waals surface area contributed by atoms with Gasteiger partial charge in [0.15, 0.2) is 5.69 Å². The maximum atomic E-state index is 13.8. The van der Waals surface area contributed by atoms with E-state index >= 15 is 0 Å². The Labute approximate surface area is 147 Å². The van der Waals surface area contributed by atoms with Crippen molar-refractivity contribution in [3.8, 4) is 6.07 Å². The molecule has 1 aromatic carbocycles. The minimum Gasteiger partial charge on any atom is -0.476 e. The van der Waals surface area contributed by atoms with E-state index in [0.29, 0.717) is 19.5 Å². The van der Waals surface area contributed by atoms with Crippen LogP contribution in [0.15, 0.2) is 18.2 Å². The third kappa shape index (κ3) is 4.53. The van der Waals surface area contributed by atoms with Crippen LogP contribution in [0.1, 0.15) is 28.0 Å². The second kappa shape index (κ2) is 8.55. The molecule has 2 aromatic rings. The SMILES string of the molecule is N#CCCNCCc1c(C(=O)O)nn(Cc2c(F)cccc2F)c1Cl. The zero-order valence-corrected chi connectivity index (χ0v) is 13.9. The van der Waals surface area contributed by atoms with Crippen molar-refractivity contribution in [2.24, 2.45) is 0 Å². The summed E-state index contributed by atoms with van der Waals surface area (Å²) >= 11 is 6.18. The lowest BCUT2D eigenvalue weighted by atomic mass is 10.1. The molecule has 0 aliphatic heterocycles. The molecule has 0 fully saturated rings. The number of nitrogens with one attached hydrogen (secondary N) is 1. The van der Waals surface area contributed by atoms with Crippen molar-refractivity contribution in [3.05, 3.63) is 51.8 Å². The highest BCUT2D eigenvalue weighted by Gasteiger charge is 2.22. The molecule has 0 saturated carbocycles. The van der Waals surface area contributed by atoms with E-state index in [0.717, 1.165) is 16.8 Å². The van der Waals surface area contributed by atoms with E-state index in [1.165, 1.54) is 6.07 Å². The van der Waals surface area contributed by atoms with Crippen LogP contribution >= 0.6 is 11.6 Å². The number of hydrogen-bond acceptors (Lipinski definition) is 4. The minimum absolute atomic E-state index is 0.0159. The van der Waals surface area contributed by atoms with Crippen LogP contribution in [-0.2, 0) is 13.0 Å². The Morgan fingerprint density at radius 2 is 2.00 bits per heavy atom. The molecule has 0 bridgehead atoms. The van der Waals surface area contributed by atoms with Gasteiger partial charge in [0.05, 0.1) is 12.6 Å². The number of carbonyl (C=O) groups is 1. The average molecular weight is 369 g/mol. The maximum absolute atomic E-state index is 13.8. The molecule has 0 amide bonds. The van der Waals surface area contributed by atoms with E-state index in [2.05, 4.69) is 10.4 Å². The molecule has 0 atom stereocenters. The number of benzene rings is 1. The summed E-state index contributed by atoms with van der Waals surface area (Å²) in [6.07, 6.45) is 0.580. The minimum atomic E-state index is -1.28. The Morgan fingerprint density at radius 1 is 1.32 bits per heavy atom. The Hall–Kier alpha value is -2.50. The molecule has 6 nitrogen and oxygen atoms in total. The van der Waals surface area contributed by atoms with Gasteiger partial charge in [-0.3, -0.25) is 0 Å². The maximum Gasteiger partial charge on any atom is 0.356 e. The quantitative estimate of drug-likeness (QED) is 0.699. The summed E-state index contributed by atoms with van der Waals surface area (Å²) in [6, 6.07) is 5.43. The van der Waals surface area contributed by atoms with Gasteiger partial charge < -0.3 is 10.4 Å². The van der Waals surface area contributed by atoms with E-state index < -0.39 is 17.6 Å². The molecule has 0 radical (unpaired) electrons. The molecule has 0 aliphatic rings. The van der Waals surface area contributed by atoms with Gasteiger partial charge in [0.25, 0.3) is 0 Å². The molecule has 132 valence electrons. The highest BCUT2D eigenvalue weighted by atomic mass is 35.5. The number of aromatic carboxylic acids is 1. The first-order chi connectivity index (χ1) is 12.0. The highest BCUT2D eigenvalue weighted by Crippen LogP contribution is 2.23. The fourth-order valence-corrected chi connectivity index (χ4v) is 2.57. The molecule has 0 aliphatic carbocycles. The van der Waals surface area contributed by atoms with Gasteiger partial charge in [-0.15, -0.1) is 0 Å². The summed E-state index contributed by atoms with van der Waals surface area (Å²) in [5.74, 6) is -2.80. The van der Waals surface area contributed by atoms with Gasteiger partial charge in [-0.1, -0.05) is 17.7 Å². The van der Waals surface area contributed by atoms with E-state index in [1.807, 2.05) is 6.07 Å². The highest BCUT2D eigenvalue weighted by molar-refractivity contribution is 6.30. The van der Waals surface area contributed by atoms with Crippen LogP contribution in [0.25, 0.3) is 0 Å². The van der Waals surface area contributed by atoms with Crippen LogP contribution in [-0.4, -0.2) is 33.9 Å². The van der Waals surface area contributed by atoms with E-state index in [1.54, 1.807) is 0 Å². The number of aromatic nitrogens is 2. The molecule has 0 unspecified atom stereocenters. The average Bonchev–Trinajstić information content (AvgIpc) is 2.87. The lowest BCUT2D eigenvalue weighted by Gasteiger charge is -2.07. The molecule has 9 heteroatoms. The number of nitrogens with zero attached hydrogens (tertiary/aromatic N) is 3. The number of carboxylic acids is 1. The normalized spacial score (nSPS) is 10.6. The molecule has 25 heavy (non-hydrogen) atoms. The van der Waals surface area contributed by atoms with Crippen molar-refractivity contribution in [1.29, 1.82) is 5.26 Å². The van der Waals surface area contributed by atoms with Gasteiger partial charge in [-0.25, -0.2) is 18.3 Å². The van der Waals surface area contributed by atoms with Crippen molar-refractivity contribution < 1.29 is 18.7 Å². The summed E-state index contributed by atoms with van der Waals surface area (Å²) in [4.78, 5) is 11.4. The zero-order valence-electron chi connectivity index (χ0n) is 13.1. The van der Waals surface area contributed by atoms with Gasteiger partial charge in [0.2, 0.25) is 0 Å². The summed E-state index contributed by atoms with van der Waals surface area (Å²) in [6.45, 7) is 0.534. The summed E-state index contributed by atoms with van der Waals surface area (Å²) in [5.41, 5.74) is -0.235. The first-order valence-electron chi connectivity index (χ1n) is 7.44. The standard InChI is InChI=1S/C16H15ClF2N4O2/c17-15-10(5-8-21-7-2-6-20)14(16(24)25)22-23(15)9-11-12(18)3-1-4-13(11)19/h1,3-4,21H,2,5,7-9H2,(H,24,25). The Kier molecular flexibility index (Phi) is 6.44. The zero-order chi connectivity index (χ0) is 18.4. The van der Waals surface area contributed by atoms with Crippen LogP contribution < -0.4 is 5.32 Å². The van der Waals surface area contributed by atoms with E-state index in [4.69, 9.17) is 16.9 Å². The van der Waals surface area contributed by atoms with Crippen LogP contribution in [0.3, 0.4) is 0 Å². The third-order valence-electron chi connectivity index (χ3n) is 3.52. The Morgan fingerprint density at radius 3 is 2.60 bits per heavy atom. The van der Waals surface area contributed by atoms with Crippen molar-refractivity contribution in [1.82, 2.24) is 15.1 Å². The smallest absolute Gasteiger partial charge is 0.356 e. The third-order valence-corrected chi connectivity index (χ3v) is 3.94. The van der Waals surface area contributed by atoms with Crippen molar-refractivity contribution in [3.63, 3.8) is 0 Å². The van der Waals surface area contributed by atoms with Gasteiger partial charge in [-0.05, 0) is 25.1 Å². The number of halogens is 3. The molecule has 2 N–H and O–H groups in total. The van der Waals surface area contributed by atoms with Crippen LogP contribution in [0.2, 0.25) is 5.15 Å². The summed E-state index contributed by atoms with van der Waals surface area (Å²) in [7, 11) is 0. The lowest BCUT2D eigenvalue weighted by Crippen LogP contribution is -2.19. The predicted octanol–water partition coefficient (Wildman–Crippen LogP) is 2.61. The lowest BCUT2D eigenvalue weighted by molar-refractivity contribution is 0.0688. The van der Waals surface area contributed by atoms with Crippen LogP contribution in [0.5, 0.6) is 0 Å². The summed E-state index contributed by atoms with van der Waals surface area (Å²) in [5, 5.41) is 24.6. The monoisotopic (exact) mass is 368 g/mol.